The first-order valence-corrected chi connectivity index (χ1v) is 8.03. The SMILES string of the molecule is CC(=O)N1CCO[C@@H]2CCN(Cc3nc(C)cs3)C[C@H]21. The summed E-state index contributed by atoms with van der Waals surface area (Å²) in [4.78, 5) is 20.7. The Labute approximate surface area is 123 Å². The number of fused-ring (bicyclic) bond motifs is 1. The molecule has 0 radical (unpaired) electrons. The number of thiazole rings is 1. The Balaban J connectivity index is 1.66. The molecule has 20 heavy (non-hydrogen) atoms. The normalized spacial score (nSPS) is 27.4. The van der Waals surface area contributed by atoms with Crippen LogP contribution in [-0.4, -0.2) is 59.1 Å². The predicted octanol–water partition coefficient (Wildman–Crippen LogP) is 1.27. The molecule has 6 heteroatoms. The van der Waals surface area contributed by atoms with Gasteiger partial charge >= 0.3 is 0 Å². The van der Waals surface area contributed by atoms with E-state index >= 15 is 0 Å². The summed E-state index contributed by atoms with van der Waals surface area (Å²) < 4.78 is 5.83. The lowest BCUT2D eigenvalue weighted by Gasteiger charge is -2.46. The second-order valence-electron chi connectivity index (χ2n) is 5.60. The van der Waals surface area contributed by atoms with Crippen molar-refractivity contribution in [2.24, 2.45) is 0 Å². The molecule has 2 fully saturated rings. The molecule has 0 unspecified atom stereocenters. The average Bonchev–Trinajstić information content (AvgIpc) is 2.83. The fourth-order valence-electron chi connectivity index (χ4n) is 3.14. The van der Waals surface area contributed by atoms with Gasteiger partial charge in [-0.25, -0.2) is 4.98 Å². The lowest BCUT2D eigenvalue weighted by Crippen LogP contribution is -2.60. The third-order valence-corrected chi connectivity index (χ3v) is 5.05. The van der Waals surface area contributed by atoms with E-state index in [1.165, 1.54) is 0 Å². The molecule has 2 aliphatic rings. The van der Waals surface area contributed by atoms with Crippen LogP contribution in [0.5, 0.6) is 0 Å². The molecule has 1 aromatic rings. The molecule has 3 heterocycles. The lowest BCUT2D eigenvalue weighted by molar-refractivity contribution is -0.150. The molecular weight excluding hydrogens is 274 g/mol. The molecule has 110 valence electrons. The molecular formula is C14H21N3O2S. The molecule has 5 nitrogen and oxygen atoms in total. The minimum atomic E-state index is 0.162. The number of hydrogen-bond donors (Lipinski definition) is 0. The molecule has 3 rings (SSSR count). The molecule has 2 atom stereocenters. The van der Waals surface area contributed by atoms with Crippen LogP contribution >= 0.6 is 11.3 Å². The maximum atomic E-state index is 11.8. The number of piperidine rings is 1. The number of carbonyl (C=O) groups excluding carboxylic acids is 1. The van der Waals surface area contributed by atoms with E-state index in [4.69, 9.17) is 4.74 Å². The van der Waals surface area contributed by atoms with Crippen LogP contribution in [-0.2, 0) is 16.1 Å². The van der Waals surface area contributed by atoms with Gasteiger partial charge in [-0.05, 0) is 13.3 Å². The highest BCUT2D eigenvalue weighted by Crippen LogP contribution is 2.24. The Bertz CT molecular complexity index is 491. The van der Waals surface area contributed by atoms with E-state index in [0.29, 0.717) is 6.61 Å². The summed E-state index contributed by atoms with van der Waals surface area (Å²) >= 11 is 1.72. The fourth-order valence-corrected chi connectivity index (χ4v) is 3.95. The Morgan fingerprint density at radius 3 is 3.10 bits per heavy atom. The van der Waals surface area contributed by atoms with Crippen LogP contribution in [0.1, 0.15) is 24.0 Å². The highest BCUT2D eigenvalue weighted by Gasteiger charge is 2.38. The Morgan fingerprint density at radius 1 is 1.55 bits per heavy atom. The summed E-state index contributed by atoms with van der Waals surface area (Å²) in [7, 11) is 0. The molecule has 0 aromatic carbocycles. The van der Waals surface area contributed by atoms with Crippen molar-refractivity contribution >= 4 is 17.2 Å². The predicted molar refractivity (Wildman–Crippen MR) is 77.7 cm³/mol. The van der Waals surface area contributed by atoms with Gasteiger partial charge < -0.3 is 9.64 Å². The van der Waals surface area contributed by atoms with Crippen LogP contribution in [0.15, 0.2) is 5.38 Å². The number of likely N-dealkylation sites (tertiary alicyclic amines) is 1. The quantitative estimate of drug-likeness (QED) is 0.824. The van der Waals surface area contributed by atoms with Crippen molar-refractivity contribution in [2.45, 2.75) is 39.0 Å². The van der Waals surface area contributed by atoms with Gasteiger partial charge in [0.2, 0.25) is 5.91 Å². The van der Waals surface area contributed by atoms with Gasteiger partial charge in [-0.2, -0.15) is 0 Å². The van der Waals surface area contributed by atoms with Crippen LogP contribution in [0, 0.1) is 6.92 Å². The monoisotopic (exact) mass is 295 g/mol. The highest BCUT2D eigenvalue weighted by molar-refractivity contribution is 7.09. The summed E-state index contributed by atoms with van der Waals surface area (Å²) in [6.07, 6.45) is 1.21. The van der Waals surface area contributed by atoms with Gasteiger partial charge in [0.05, 0.1) is 25.3 Å². The number of nitrogens with zero attached hydrogens (tertiary/aromatic N) is 3. The van der Waals surface area contributed by atoms with E-state index < -0.39 is 0 Å². The minimum absolute atomic E-state index is 0.162. The molecule has 2 aliphatic heterocycles. The zero-order valence-corrected chi connectivity index (χ0v) is 12.9. The van der Waals surface area contributed by atoms with E-state index in [1.54, 1.807) is 18.3 Å². The van der Waals surface area contributed by atoms with E-state index in [2.05, 4.69) is 15.3 Å². The number of hydrogen-bond acceptors (Lipinski definition) is 5. The summed E-state index contributed by atoms with van der Waals surface area (Å²) in [5.41, 5.74) is 1.09. The maximum absolute atomic E-state index is 11.8. The fraction of sp³-hybridized carbons (Fsp3) is 0.714. The van der Waals surface area contributed by atoms with Crippen LogP contribution < -0.4 is 0 Å². The van der Waals surface area contributed by atoms with E-state index in [1.807, 2.05) is 11.8 Å². The smallest absolute Gasteiger partial charge is 0.219 e. The van der Waals surface area contributed by atoms with Crippen molar-refractivity contribution in [1.29, 1.82) is 0 Å². The van der Waals surface area contributed by atoms with Gasteiger partial charge in [-0.3, -0.25) is 9.69 Å². The van der Waals surface area contributed by atoms with Gasteiger partial charge in [0.15, 0.2) is 0 Å². The highest BCUT2D eigenvalue weighted by atomic mass is 32.1. The first kappa shape index (κ1) is 14.0. The number of morpholine rings is 1. The molecule has 0 bridgehead atoms. The standard InChI is InChI=1S/C14H21N3O2S/c1-10-9-20-14(15-10)8-16-4-3-13-12(7-16)17(11(2)18)5-6-19-13/h9,12-13H,3-8H2,1-2H3/t12-,13-/m1/s1. The van der Waals surface area contributed by atoms with Crippen LogP contribution in [0.2, 0.25) is 0 Å². The third kappa shape index (κ3) is 2.87. The molecule has 0 N–H and O–H groups in total. The minimum Gasteiger partial charge on any atom is -0.374 e. The van der Waals surface area contributed by atoms with Crippen molar-refractivity contribution in [3.8, 4) is 0 Å². The largest absolute Gasteiger partial charge is 0.374 e. The van der Waals surface area contributed by atoms with Gasteiger partial charge in [-0.15, -0.1) is 11.3 Å². The zero-order chi connectivity index (χ0) is 14.1. The third-order valence-electron chi connectivity index (χ3n) is 4.10. The van der Waals surface area contributed by atoms with Gasteiger partial charge in [0.1, 0.15) is 5.01 Å². The van der Waals surface area contributed by atoms with Crippen LogP contribution in [0.3, 0.4) is 0 Å². The van der Waals surface area contributed by atoms with E-state index in [9.17, 15) is 4.79 Å². The molecule has 1 aromatic heterocycles. The molecule has 0 spiro atoms. The van der Waals surface area contributed by atoms with Gasteiger partial charge in [0.25, 0.3) is 0 Å². The first-order valence-electron chi connectivity index (χ1n) is 7.15. The average molecular weight is 295 g/mol. The number of aromatic nitrogens is 1. The number of amides is 1. The summed E-state index contributed by atoms with van der Waals surface area (Å²) in [5, 5.41) is 3.25. The number of carbonyl (C=O) groups is 1. The summed E-state index contributed by atoms with van der Waals surface area (Å²) in [5.74, 6) is 0.162. The zero-order valence-electron chi connectivity index (χ0n) is 12.0. The molecule has 2 saturated heterocycles. The van der Waals surface area contributed by atoms with Gasteiger partial charge in [0, 0.05) is 37.6 Å². The maximum Gasteiger partial charge on any atom is 0.219 e. The van der Waals surface area contributed by atoms with Crippen molar-refractivity contribution in [3.05, 3.63) is 16.1 Å². The van der Waals surface area contributed by atoms with Gasteiger partial charge in [-0.1, -0.05) is 0 Å². The summed E-state index contributed by atoms with van der Waals surface area (Å²) in [6.45, 7) is 7.87. The van der Waals surface area contributed by atoms with Crippen molar-refractivity contribution in [2.75, 3.05) is 26.2 Å². The van der Waals surface area contributed by atoms with Crippen LogP contribution in [0.25, 0.3) is 0 Å². The number of ether oxygens (including phenoxy) is 1. The summed E-state index contributed by atoms with van der Waals surface area (Å²) in [6, 6.07) is 0.205. The molecule has 0 aliphatic carbocycles. The molecule has 0 saturated carbocycles. The Kier molecular flexibility index (Phi) is 4.05. The number of aryl methyl sites for hydroxylation is 1. The second kappa shape index (κ2) is 5.79. The lowest BCUT2D eigenvalue weighted by atomic mass is 9.98. The van der Waals surface area contributed by atoms with E-state index in [0.717, 1.165) is 43.3 Å². The first-order chi connectivity index (χ1) is 9.63. The molecule has 1 amide bonds. The van der Waals surface area contributed by atoms with Crippen molar-refractivity contribution < 1.29 is 9.53 Å². The van der Waals surface area contributed by atoms with Crippen molar-refractivity contribution in [1.82, 2.24) is 14.8 Å². The Morgan fingerprint density at radius 2 is 2.40 bits per heavy atom. The number of rotatable bonds is 2. The Hall–Kier alpha value is -0.980. The van der Waals surface area contributed by atoms with Crippen molar-refractivity contribution in [3.63, 3.8) is 0 Å². The second-order valence-corrected chi connectivity index (χ2v) is 6.54. The van der Waals surface area contributed by atoms with E-state index in [-0.39, 0.29) is 18.1 Å². The van der Waals surface area contributed by atoms with Crippen LogP contribution in [0.4, 0.5) is 0 Å². The topological polar surface area (TPSA) is 45.7 Å².